The predicted octanol–water partition coefficient (Wildman–Crippen LogP) is 4.11. The molecule has 4 aromatic rings. The van der Waals surface area contributed by atoms with Gasteiger partial charge in [0.25, 0.3) is 0 Å². The first kappa shape index (κ1) is 28.0. The second kappa shape index (κ2) is 12.0. The average molecular weight is 572 g/mol. The second-order valence-electron chi connectivity index (χ2n) is 11.1. The number of aromatic nitrogens is 4. The number of rotatable bonds is 7. The minimum absolute atomic E-state index is 0.0395. The molecular formula is C31H34FN7O3. The zero-order chi connectivity index (χ0) is 29.1. The van der Waals surface area contributed by atoms with Crippen molar-refractivity contribution in [2.24, 2.45) is 5.41 Å². The van der Waals surface area contributed by atoms with Gasteiger partial charge in [0.1, 0.15) is 5.82 Å². The summed E-state index contributed by atoms with van der Waals surface area (Å²) in [5, 5.41) is 3.26. The van der Waals surface area contributed by atoms with E-state index in [-0.39, 0.29) is 24.9 Å². The van der Waals surface area contributed by atoms with Crippen LogP contribution in [-0.4, -0.2) is 82.1 Å². The number of amides is 1. The van der Waals surface area contributed by atoms with Crippen molar-refractivity contribution in [2.75, 3.05) is 51.8 Å². The number of nitrogens with one attached hydrogen (secondary N) is 2. The molecule has 0 radical (unpaired) electrons. The maximum atomic E-state index is 13.8. The first-order chi connectivity index (χ1) is 20.4. The zero-order valence-corrected chi connectivity index (χ0v) is 23.7. The Kier molecular flexibility index (Phi) is 7.96. The Morgan fingerprint density at radius 3 is 2.45 bits per heavy atom. The summed E-state index contributed by atoms with van der Waals surface area (Å²) in [6, 6.07) is 17.9. The number of anilines is 1. The van der Waals surface area contributed by atoms with Gasteiger partial charge in [0.2, 0.25) is 18.1 Å². The van der Waals surface area contributed by atoms with Crippen molar-refractivity contribution in [2.45, 2.75) is 19.8 Å². The van der Waals surface area contributed by atoms with Gasteiger partial charge < -0.3 is 29.6 Å². The molecule has 0 unspecified atom stereocenters. The Balaban J connectivity index is 1.23. The molecule has 0 saturated carbocycles. The molecule has 2 saturated heterocycles. The molecule has 4 heterocycles. The molecule has 0 spiro atoms. The SMILES string of the molecule is CN1CCN(C(=O)C2(C)COC(c3nc(-c4ccc(F)cc4)c(-c4ccnc(NCc5ccccc5)n4)[nH]3)OC2)CC1. The van der Waals surface area contributed by atoms with E-state index in [2.05, 4.69) is 27.2 Å². The van der Waals surface area contributed by atoms with Gasteiger partial charge >= 0.3 is 0 Å². The van der Waals surface area contributed by atoms with E-state index >= 15 is 0 Å². The van der Waals surface area contributed by atoms with Crippen molar-refractivity contribution in [3.8, 4) is 22.6 Å². The summed E-state index contributed by atoms with van der Waals surface area (Å²) < 4.78 is 26.0. The maximum absolute atomic E-state index is 13.8. The fourth-order valence-electron chi connectivity index (χ4n) is 5.15. The Morgan fingerprint density at radius 1 is 1.02 bits per heavy atom. The highest BCUT2D eigenvalue weighted by molar-refractivity contribution is 5.83. The van der Waals surface area contributed by atoms with Crippen LogP contribution < -0.4 is 5.32 Å². The third-order valence-electron chi connectivity index (χ3n) is 7.68. The van der Waals surface area contributed by atoms with Crippen LogP contribution in [0.3, 0.4) is 0 Å². The minimum Gasteiger partial charge on any atom is -0.350 e. The summed E-state index contributed by atoms with van der Waals surface area (Å²) in [6.07, 6.45) is 0.872. The van der Waals surface area contributed by atoms with Crippen LogP contribution in [0.1, 0.15) is 24.6 Å². The van der Waals surface area contributed by atoms with Crippen molar-refractivity contribution in [3.63, 3.8) is 0 Å². The molecule has 2 N–H and O–H groups in total. The second-order valence-corrected chi connectivity index (χ2v) is 11.1. The van der Waals surface area contributed by atoms with E-state index in [1.165, 1.54) is 12.1 Å². The number of piperazine rings is 1. The van der Waals surface area contributed by atoms with Gasteiger partial charge in [-0.15, -0.1) is 0 Å². The normalized spacial score (nSPS) is 21.3. The summed E-state index contributed by atoms with van der Waals surface area (Å²) in [5.74, 6) is 0.600. The third-order valence-corrected chi connectivity index (χ3v) is 7.68. The third kappa shape index (κ3) is 6.03. The molecule has 0 aliphatic carbocycles. The number of imidazole rings is 1. The van der Waals surface area contributed by atoms with E-state index in [1.807, 2.05) is 42.2 Å². The van der Waals surface area contributed by atoms with Crippen LogP contribution in [0.2, 0.25) is 0 Å². The Morgan fingerprint density at radius 2 is 1.74 bits per heavy atom. The molecule has 0 bridgehead atoms. The molecule has 11 heteroatoms. The van der Waals surface area contributed by atoms with E-state index in [1.54, 1.807) is 24.4 Å². The van der Waals surface area contributed by atoms with Crippen molar-refractivity contribution < 1.29 is 18.7 Å². The zero-order valence-electron chi connectivity index (χ0n) is 23.7. The van der Waals surface area contributed by atoms with Gasteiger partial charge in [-0.25, -0.2) is 19.3 Å². The van der Waals surface area contributed by atoms with E-state index in [0.717, 1.165) is 18.7 Å². The van der Waals surface area contributed by atoms with Gasteiger partial charge in [0, 0.05) is 44.5 Å². The molecule has 2 fully saturated rings. The first-order valence-corrected chi connectivity index (χ1v) is 14.1. The molecule has 2 aliphatic rings. The highest BCUT2D eigenvalue weighted by Crippen LogP contribution is 2.36. The first-order valence-electron chi connectivity index (χ1n) is 14.1. The smallest absolute Gasteiger partial charge is 0.233 e. The maximum Gasteiger partial charge on any atom is 0.233 e. The lowest BCUT2D eigenvalue weighted by Gasteiger charge is -2.41. The lowest BCUT2D eigenvalue weighted by molar-refractivity contribution is -0.234. The van der Waals surface area contributed by atoms with Crippen LogP contribution in [-0.2, 0) is 20.8 Å². The van der Waals surface area contributed by atoms with Gasteiger partial charge in [0.15, 0.2) is 5.82 Å². The number of likely N-dealkylation sites (N-methyl/N-ethyl adjacent to an activating group) is 1. The number of carbonyl (C=O) groups excluding carboxylic acids is 1. The van der Waals surface area contributed by atoms with Gasteiger partial charge in [-0.3, -0.25) is 4.79 Å². The topological polar surface area (TPSA) is 109 Å². The van der Waals surface area contributed by atoms with Gasteiger partial charge in [-0.1, -0.05) is 30.3 Å². The molecule has 218 valence electrons. The molecular weight excluding hydrogens is 537 g/mol. The summed E-state index contributed by atoms with van der Waals surface area (Å²) in [7, 11) is 2.06. The number of aromatic amines is 1. The summed E-state index contributed by atoms with van der Waals surface area (Å²) in [4.78, 5) is 34.7. The van der Waals surface area contributed by atoms with Crippen LogP contribution in [0, 0.1) is 11.2 Å². The number of H-pyrrole nitrogens is 1. The van der Waals surface area contributed by atoms with Crippen LogP contribution >= 0.6 is 0 Å². The van der Waals surface area contributed by atoms with Crippen LogP contribution in [0.15, 0.2) is 66.9 Å². The molecule has 2 aromatic carbocycles. The van der Waals surface area contributed by atoms with Gasteiger partial charge in [0.05, 0.1) is 35.7 Å². The van der Waals surface area contributed by atoms with Crippen LogP contribution in [0.5, 0.6) is 0 Å². The summed E-state index contributed by atoms with van der Waals surface area (Å²) >= 11 is 0. The average Bonchev–Trinajstić information content (AvgIpc) is 3.47. The standard InChI is InChI=1S/C31H34FN7O3/c1-31(29(40)39-16-14-38(2)15-17-39)19-41-28(42-20-31)27-36-25(22-8-10-23(32)11-9-22)26(37-27)24-12-13-33-30(35-24)34-18-21-6-4-3-5-7-21/h3-13,28H,14-20H2,1-2H3,(H,36,37)(H,33,34,35). The quantitative estimate of drug-likeness (QED) is 0.341. The van der Waals surface area contributed by atoms with Crippen LogP contribution in [0.25, 0.3) is 22.6 Å². The number of benzene rings is 2. The summed E-state index contributed by atoms with van der Waals surface area (Å²) in [5.41, 5.74) is 2.82. The molecule has 42 heavy (non-hydrogen) atoms. The van der Waals surface area contributed by atoms with Crippen molar-refractivity contribution in [1.29, 1.82) is 0 Å². The van der Waals surface area contributed by atoms with Gasteiger partial charge in [-0.05, 0) is 49.9 Å². The van der Waals surface area contributed by atoms with Crippen LogP contribution in [0.4, 0.5) is 10.3 Å². The number of hydrogen-bond acceptors (Lipinski definition) is 8. The fourth-order valence-corrected chi connectivity index (χ4v) is 5.15. The number of carbonyl (C=O) groups is 1. The summed E-state index contributed by atoms with van der Waals surface area (Å²) in [6.45, 7) is 5.93. The number of ether oxygens (including phenoxy) is 2. The lowest BCUT2D eigenvalue weighted by atomic mass is 9.90. The predicted molar refractivity (Wildman–Crippen MR) is 156 cm³/mol. The minimum atomic E-state index is -0.802. The Labute approximate surface area is 243 Å². The van der Waals surface area contributed by atoms with E-state index in [0.29, 0.717) is 54.1 Å². The Hall–Kier alpha value is -4.19. The highest BCUT2D eigenvalue weighted by Gasteiger charge is 2.43. The van der Waals surface area contributed by atoms with Gasteiger partial charge in [-0.2, -0.15) is 0 Å². The number of nitrogens with zero attached hydrogens (tertiary/aromatic N) is 5. The lowest BCUT2D eigenvalue weighted by Crippen LogP contribution is -2.55. The van der Waals surface area contributed by atoms with Crippen molar-refractivity contribution >= 4 is 11.9 Å². The molecule has 2 aliphatic heterocycles. The van der Waals surface area contributed by atoms with Crippen molar-refractivity contribution in [3.05, 3.63) is 84.1 Å². The molecule has 1 amide bonds. The molecule has 0 atom stereocenters. The van der Waals surface area contributed by atoms with E-state index in [9.17, 15) is 9.18 Å². The molecule has 6 rings (SSSR count). The number of hydrogen-bond donors (Lipinski definition) is 2. The Bertz CT molecular complexity index is 1510. The van der Waals surface area contributed by atoms with E-state index in [4.69, 9.17) is 19.4 Å². The highest BCUT2D eigenvalue weighted by atomic mass is 19.1. The molecule has 10 nitrogen and oxygen atoms in total. The largest absolute Gasteiger partial charge is 0.350 e. The fraction of sp³-hybridized carbons (Fsp3) is 0.355. The molecule has 2 aromatic heterocycles. The monoisotopic (exact) mass is 571 g/mol. The van der Waals surface area contributed by atoms with Crippen molar-refractivity contribution in [1.82, 2.24) is 29.7 Å². The number of halogens is 1. The van der Waals surface area contributed by atoms with E-state index < -0.39 is 11.7 Å².